The van der Waals surface area contributed by atoms with Crippen molar-refractivity contribution in [1.29, 1.82) is 0 Å². The van der Waals surface area contributed by atoms with Crippen molar-refractivity contribution in [3.8, 4) is 11.5 Å². The van der Waals surface area contributed by atoms with Gasteiger partial charge in [0.15, 0.2) is 11.5 Å². The third kappa shape index (κ3) is 3.37. The summed E-state index contributed by atoms with van der Waals surface area (Å²) in [6.07, 6.45) is 1.19. The van der Waals surface area contributed by atoms with Crippen molar-refractivity contribution < 1.29 is 9.84 Å². The predicted molar refractivity (Wildman–Crippen MR) is 83.7 cm³/mol. The second-order valence-electron chi connectivity index (χ2n) is 5.48. The maximum Gasteiger partial charge on any atom is 0.161 e. The van der Waals surface area contributed by atoms with Gasteiger partial charge in [-0.25, -0.2) is 0 Å². The topological polar surface area (TPSA) is 41.5 Å². The van der Waals surface area contributed by atoms with Gasteiger partial charge in [-0.05, 0) is 36.6 Å². The van der Waals surface area contributed by atoms with Crippen molar-refractivity contribution >= 4 is 0 Å². The standard InChI is InChI=1S/C18H21NO2/c1-2-21-18-10-13(8-9-17(18)20)12-19-16-11-15(16)14-6-4-3-5-7-14/h3-10,15-16,19-20H,2,11-12H2,1H3. The summed E-state index contributed by atoms with van der Waals surface area (Å²) in [5.74, 6) is 1.40. The number of ether oxygens (including phenoxy) is 1. The minimum absolute atomic E-state index is 0.203. The molecule has 3 rings (SSSR count). The van der Waals surface area contributed by atoms with Crippen LogP contribution in [0.3, 0.4) is 0 Å². The van der Waals surface area contributed by atoms with Gasteiger partial charge in [0.25, 0.3) is 0 Å². The van der Waals surface area contributed by atoms with E-state index in [-0.39, 0.29) is 5.75 Å². The van der Waals surface area contributed by atoms with Crippen LogP contribution in [0, 0.1) is 0 Å². The molecule has 0 saturated heterocycles. The van der Waals surface area contributed by atoms with Crippen molar-refractivity contribution in [3.63, 3.8) is 0 Å². The third-order valence-corrected chi connectivity index (χ3v) is 3.91. The molecule has 2 aromatic carbocycles. The summed E-state index contributed by atoms with van der Waals surface area (Å²) in [7, 11) is 0. The SMILES string of the molecule is CCOc1cc(CNC2CC2c2ccccc2)ccc1O. The summed E-state index contributed by atoms with van der Waals surface area (Å²) in [6, 6.07) is 16.7. The zero-order valence-electron chi connectivity index (χ0n) is 12.3. The first-order valence-electron chi connectivity index (χ1n) is 7.51. The zero-order chi connectivity index (χ0) is 14.7. The molecule has 2 unspecified atom stereocenters. The lowest BCUT2D eigenvalue weighted by Gasteiger charge is -2.09. The number of aromatic hydroxyl groups is 1. The molecule has 2 atom stereocenters. The summed E-state index contributed by atoms with van der Waals surface area (Å²) in [5, 5.41) is 13.3. The first-order valence-corrected chi connectivity index (χ1v) is 7.51. The molecule has 0 aliphatic heterocycles. The van der Waals surface area contributed by atoms with Crippen LogP contribution in [0.4, 0.5) is 0 Å². The monoisotopic (exact) mass is 283 g/mol. The van der Waals surface area contributed by atoms with Crippen molar-refractivity contribution in [2.75, 3.05) is 6.61 Å². The van der Waals surface area contributed by atoms with E-state index in [1.807, 2.05) is 19.1 Å². The number of nitrogens with one attached hydrogen (secondary N) is 1. The van der Waals surface area contributed by atoms with E-state index < -0.39 is 0 Å². The third-order valence-electron chi connectivity index (χ3n) is 3.91. The molecule has 0 radical (unpaired) electrons. The van der Waals surface area contributed by atoms with Gasteiger partial charge in [0, 0.05) is 18.5 Å². The summed E-state index contributed by atoms with van der Waals surface area (Å²) in [4.78, 5) is 0. The molecule has 1 aliphatic rings. The van der Waals surface area contributed by atoms with Crippen LogP contribution in [0.1, 0.15) is 30.4 Å². The van der Waals surface area contributed by atoms with Gasteiger partial charge >= 0.3 is 0 Å². The Hall–Kier alpha value is -2.00. The molecule has 0 amide bonds. The summed E-state index contributed by atoms with van der Waals surface area (Å²) < 4.78 is 5.41. The number of rotatable bonds is 6. The fraction of sp³-hybridized carbons (Fsp3) is 0.333. The van der Waals surface area contributed by atoms with E-state index in [1.54, 1.807) is 6.07 Å². The molecule has 0 heterocycles. The Morgan fingerprint density at radius 3 is 2.76 bits per heavy atom. The van der Waals surface area contributed by atoms with E-state index in [9.17, 15) is 5.11 Å². The molecule has 1 aliphatic carbocycles. The summed E-state index contributed by atoms with van der Waals surface area (Å²) >= 11 is 0. The summed E-state index contributed by atoms with van der Waals surface area (Å²) in [6.45, 7) is 3.27. The van der Waals surface area contributed by atoms with Crippen LogP contribution in [0.15, 0.2) is 48.5 Å². The smallest absolute Gasteiger partial charge is 0.161 e. The Labute approximate surface area is 125 Å². The molecule has 1 saturated carbocycles. The Morgan fingerprint density at radius 2 is 2.00 bits per heavy atom. The molecular weight excluding hydrogens is 262 g/mol. The Kier molecular flexibility index (Phi) is 4.11. The summed E-state index contributed by atoms with van der Waals surface area (Å²) in [5.41, 5.74) is 2.55. The quantitative estimate of drug-likeness (QED) is 0.853. The van der Waals surface area contributed by atoms with Crippen LogP contribution in [-0.2, 0) is 6.54 Å². The highest BCUT2D eigenvalue weighted by molar-refractivity contribution is 5.42. The van der Waals surface area contributed by atoms with Crippen LogP contribution >= 0.6 is 0 Å². The van der Waals surface area contributed by atoms with Gasteiger partial charge in [-0.2, -0.15) is 0 Å². The normalized spacial score (nSPS) is 20.2. The van der Waals surface area contributed by atoms with Crippen LogP contribution in [0.5, 0.6) is 11.5 Å². The molecule has 3 nitrogen and oxygen atoms in total. The van der Waals surface area contributed by atoms with E-state index in [0.717, 1.165) is 12.1 Å². The Balaban J connectivity index is 1.56. The molecule has 0 aromatic heterocycles. The minimum Gasteiger partial charge on any atom is -0.504 e. The maximum absolute atomic E-state index is 9.70. The lowest BCUT2D eigenvalue weighted by molar-refractivity contribution is 0.317. The largest absolute Gasteiger partial charge is 0.504 e. The van der Waals surface area contributed by atoms with Gasteiger partial charge in [-0.1, -0.05) is 36.4 Å². The van der Waals surface area contributed by atoms with Crippen molar-refractivity contribution in [1.82, 2.24) is 5.32 Å². The maximum atomic E-state index is 9.70. The number of phenols is 1. The van der Waals surface area contributed by atoms with E-state index in [2.05, 4.69) is 35.6 Å². The average Bonchev–Trinajstić information content (AvgIpc) is 3.29. The molecule has 0 spiro atoms. The first-order chi connectivity index (χ1) is 10.3. The van der Waals surface area contributed by atoms with Crippen LogP contribution in [0.2, 0.25) is 0 Å². The van der Waals surface area contributed by atoms with Gasteiger partial charge in [0.2, 0.25) is 0 Å². The molecular formula is C18H21NO2. The van der Waals surface area contributed by atoms with Gasteiger partial charge < -0.3 is 15.2 Å². The van der Waals surface area contributed by atoms with Gasteiger partial charge in [-0.15, -0.1) is 0 Å². The Morgan fingerprint density at radius 1 is 1.19 bits per heavy atom. The van der Waals surface area contributed by atoms with Gasteiger partial charge in [0.05, 0.1) is 6.61 Å². The molecule has 110 valence electrons. The fourth-order valence-corrected chi connectivity index (χ4v) is 2.68. The van der Waals surface area contributed by atoms with E-state index in [4.69, 9.17) is 4.74 Å². The number of hydrogen-bond acceptors (Lipinski definition) is 3. The van der Waals surface area contributed by atoms with E-state index >= 15 is 0 Å². The lowest BCUT2D eigenvalue weighted by Crippen LogP contribution is -2.17. The number of benzene rings is 2. The highest BCUT2D eigenvalue weighted by Crippen LogP contribution is 2.40. The molecule has 21 heavy (non-hydrogen) atoms. The molecule has 0 bridgehead atoms. The molecule has 1 fully saturated rings. The van der Waals surface area contributed by atoms with Gasteiger partial charge in [-0.3, -0.25) is 0 Å². The minimum atomic E-state index is 0.203. The van der Waals surface area contributed by atoms with Gasteiger partial charge in [0.1, 0.15) is 0 Å². The molecule has 2 N–H and O–H groups in total. The first kappa shape index (κ1) is 14.0. The number of phenolic OH excluding ortho intramolecular Hbond substituents is 1. The van der Waals surface area contributed by atoms with Crippen LogP contribution in [0.25, 0.3) is 0 Å². The molecule has 2 aromatic rings. The highest BCUT2D eigenvalue weighted by atomic mass is 16.5. The average molecular weight is 283 g/mol. The second kappa shape index (κ2) is 6.19. The van der Waals surface area contributed by atoms with Crippen LogP contribution < -0.4 is 10.1 Å². The van der Waals surface area contributed by atoms with E-state index in [1.165, 1.54) is 12.0 Å². The van der Waals surface area contributed by atoms with E-state index in [0.29, 0.717) is 24.3 Å². The lowest BCUT2D eigenvalue weighted by atomic mass is 10.1. The fourth-order valence-electron chi connectivity index (χ4n) is 2.68. The second-order valence-corrected chi connectivity index (χ2v) is 5.48. The van der Waals surface area contributed by atoms with Crippen molar-refractivity contribution in [2.45, 2.75) is 31.8 Å². The zero-order valence-corrected chi connectivity index (χ0v) is 12.3. The number of hydrogen-bond donors (Lipinski definition) is 2. The predicted octanol–water partition coefficient (Wildman–Crippen LogP) is 3.44. The Bertz CT molecular complexity index is 597. The van der Waals surface area contributed by atoms with Crippen molar-refractivity contribution in [3.05, 3.63) is 59.7 Å². The molecule has 3 heteroatoms. The highest BCUT2D eigenvalue weighted by Gasteiger charge is 2.37. The van der Waals surface area contributed by atoms with Crippen molar-refractivity contribution in [2.24, 2.45) is 0 Å². The van der Waals surface area contributed by atoms with Crippen LogP contribution in [-0.4, -0.2) is 17.8 Å².